The maximum atomic E-state index is 12.1. The molecule has 1 heterocycles. The Labute approximate surface area is 159 Å². The van der Waals surface area contributed by atoms with Gasteiger partial charge in [-0.15, -0.1) is 17.8 Å². The molecule has 0 spiro atoms. The van der Waals surface area contributed by atoms with Crippen molar-refractivity contribution in [1.29, 1.82) is 0 Å². The van der Waals surface area contributed by atoms with Gasteiger partial charge in [0, 0.05) is 39.3 Å². The molecule has 1 atom stereocenters. The average Bonchev–Trinajstić information content (AvgIpc) is 2.43. The van der Waals surface area contributed by atoms with Gasteiger partial charge >= 0.3 is 0 Å². The molecule has 1 amide bonds. The van der Waals surface area contributed by atoms with Crippen LogP contribution < -0.4 is 4.74 Å². The average molecular weight is 459 g/mol. The largest absolute Gasteiger partial charge is 0.494 e. The zero-order valence-electron chi connectivity index (χ0n) is 11.7. The summed E-state index contributed by atoms with van der Waals surface area (Å²) >= 11 is 2.18. The van der Waals surface area contributed by atoms with E-state index in [9.17, 15) is 4.79 Å². The van der Waals surface area contributed by atoms with Crippen molar-refractivity contribution >= 4 is 34.2 Å². The Morgan fingerprint density at radius 1 is 1.35 bits per heavy atom. The number of rotatable bonds is 4. The number of carbonyl (C=O) groups excluding carboxylic acids is 1. The molecule has 1 aliphatic heterocycles. The molecule has 0 bridgehead atoms. The van der Waals surface area contributed by atoms with Gasteiger partial charge in [-0.25, -0.2) is 6.08 Å². The third-order valence-corrected chi connectivity index (χ3v) is 3.98. The molecule has 1 aliphatic rings. The van der Waals surface area contributed by atoms with Crippen LogP contribution in [-0.4, -0.2) is 27.9 Å². The molecule has 0 aliphatic carbocycles. The maximum Gasteiger partial charge on any atom is 0.235 e. The monoisotopic (exact) mass is 459 g/mol. The number of hydrogen-bond donors (Lipinski definition) is 0. The summed E-state index contributed by atoms with van der Waals surface area (Å²) in [5, 5.41) is 0. The molecule has 1 aromatic rings. The molecule has 0 saturated heterocycles. The third-order valence-electron chi connectivity index (χ3n) is 3.01. The first-order valence-electron chi connectivity index (χ1n) is 6.46. The summed E-state index contributed by atoms with van der Waals surface area (Å²) in [6, 6.07) is 7.83. The molecule has 20 heavy (non-hydrogen) atoms. The van der Waals surface area contributed by atoms with Crippen molar-refractivity contribution in [2.45, 2.75) is 24.2 Å². The molecule has 5 heteroatoms. The van der Waals surface area contributed by atoms with E-state index < -0.39 is 0 Å². The minimum absolute atomic E-state index is 0. The summed E-state index contributed by atoms with van der Waals surface area (Å²) < 4.78 is 5.43. The van der Waals surface area contributed by atoms with Crippen LogP contribution in [-0.2, 0) is 37.5 Å². The first kappa shape index (κ1) is 18.1. The molecule has 1 aromatic carbocycles. The van der Waals surface area contributed by atoms with Crippen molar-refractivity contribution in [2.24, 2.45) is 0 Å². The van der Waals surface area contributed by atoms with Crippen LogP contribution in [0.3, 0.4) is 0 Å². The Hall–Kier alpha value is 0.0639. The van der Waals surface area contributed by atoms with Crippen LogP contribution in [0.1, 0.15) is 25.8 Å². The molecule has 1 radical (unpaired) electrons. The number of carbonyl (C=O) groups is 1. The van der Waals surface area contributed by atoms with E-state index in [-0.39, 0.29) is 42.5 Å². The number of benzene rings is 1. The quantitative estimate of drug-likeness (QED) is 0.393. The van der Waals surface area contributed by atoms with Crippen LogP contribution in [0.5, 0.6) is 5.75 Å². The predicted molar refractivity (Wildman–Crippen MR) is 84.1 cm³/mol. The van der Waals surface area contributed by atoms with Gasteiger partial charge in [0.1, 0.15) is 5.75 Å². The van der Waals surface area contributed by atoms with Crippen molar-refractivity contribution in [3.63, 3.8) is 0 Å². The standard InChI is InChI=1S/C15H17INO2.Y/c1-3-17-14(10-9-13(16)15(17)18)11-5-7-12(8-6-11)19-4-2;/h5-8,13H,3-4,9H2,1-2H3;/q-1;. The Bertz CT molecular complexity index is 487. The van der Waals surface area contributed by atoms with Gasteiger partial charge in [0.05, 0.1) is 10.5 Å². The zero-order chi connectivity index (χ0) is 13.8. The van der Waals surface area contributed by atoms with Gasteiger partial charge in [-0.3, -0.25) is 4.79 Å². The molecule has 1 unspecified atom stereocenters. The van der Waals surface area contributed by atoms with Crippen LogP contribution in [0, 0.1) is 6.08 Å². The van der Waals surface area contributed by atoms with Crippen LogP contribution in [0.4, 0.5) is 0 Å². The van der Waals surface area contributed by atoms with Crippen molar-refractivity contribution < 1.29 is 42.2 Å². The number of halogens is 1. The number of nitrogens with zero attached hydrogens (tertiary/aromatic N) is 1. The second-order valence-corrected chi connectivity index (χ2v) is 5.74. The van der Waals surface area contributed by atoms with Crippen molar-refractivity contribution in [3.8, 4) is 5.75 Å². The summed E-state index contributed by atoms with van der Waals surface area (Å²) in [7, 11) is 0. The first-order valence-corrected chi connectivity index (χ1v) is 7.71. The number of amides is 1. The van der Waals surface area contributed by atoms with E-state index in [0.29, 0.717) is 19.6 Å². The minimum atomic E-state index is 0. The van der Waals surface area contributed by atoms with E-state index in [2.05, 4.69) is 28.7 Å². The van der Waals surface area contributed by atoms with Gasteiger partial charge in [0.25, 0.3) is 0 Å². The minimum Gasteiger partial charge on any atom is -0.494 e. The molecule has 0 N–H and O–H groups in total. The second kappa shape index (κ2) is 8.49. The van der Waals surface area contributed by atoms with Gasteiger partial charge in [0.15, 0.2) is 0 Å². The van der Waals surface area contributed by atoms with Crippen molar-refractivity contribution in [2.75, 3.05) is 13.2 Å². The number of allylic oxidation sites excluding steroid dienone is 1. The van der Waals surface area contributed by atoms with Gasteiger partial charge < -0.3 is 9.64 Å². The molecule has 2 rings (SSSR count). The summed E-state index contributed by atoms with van der Waals surface area (Å²) in [4.78, 5) is 13.9. The predicted octanol–water partition coefficient (Wildman–Crippen LogP) is 3.28. The zero-order valence-corrected chi connectivity index (χ0v) is 16.7. The summed E-state index contributed by atoms with van der Waals surface area (Å²) in [6.45, 7) is 5.28. The molecule has 0 fully saturated rings. The van der Waals surface area contributed by atoms with Gasteiger partial charge in [-0.05, 0) is 26.0 Å². The van der Waals surface area contributed by atoms with E-state index >= 15 is 0 Å². The molecule has 105 valence electrons. The van der Waals surface area contributed by atoms with Gasteiger partial charge in [0.2, 0.25) is 5.91 Å². The molecular formula is C15H17INO2Y-. The van der Waals surface area contributed by atoms with Crippen LogP contribution in [0.25, 0.3) is 5.70 Å². The topological polar surface area (TPSA) is 29.5 Å². The molecule has 0 saturated carbocycles. The van der Waals surface area contributed by atoms with Crippen LogP contribution in [0.15, 0.2) is 24.3 Å². The van der Waals surface area contributed by atoms with E-state index in [4.69, 9.17) is 4.74 Å². The van der Waals surface area contributed by atoms with Crippen LogP contribution >= 0.6 is 22.6 Å². The molecule has 3 nitrogen and oxygen atoms in total. The Morgan fingerprint density at radius 3 is 2.55 bits per heavy atom. The third kappa shape index (κ3) is 4.04. The molecular weight excluding hydrogens is 442 g/mol. The SMILES string of the molecule is CCOc1ccc(C2=[C-]CC(I)C(=O)N2CC)cc1.[Y]. The number of alkyl halides is 1. The number of hydrogen-bond acceptors (Lipinski definition) is 2. The number of ether oxygens (including phenoxy) is 1. The fourth-order valence-electron chi connectivity index (χ4n) is 2.10. The van der Waals surface area contributed by atoms with Gasteiger partial charge in [-0.2, -0.15) is 5.56 Å². The van der Waals surface area contributed by atoms with Crippen LogP contribution in [0.2, 0.25) is 0 Å². The molecule has 0 aromatic heterocycles. The smallest absolute Gasteiger partial charge is 0.235 e. The Balaban J connectivity index is 0.00000200. The van der Waals surface area contributed by atoms with Crippen molar-refractivity contribution in [1.82, 2.24) is 4.90 Å². The fourth-order valence-corrected chi connectivity index (χ4v) is 2.65. The van der Waals surface area contributed by atoms with E-state index in [0.717, 1.165) is 17.0 Å². The van der Waals surface area contributed by atoms with E-state index in [1.165, 1.54) is 0 Å². The summed E-state index contributed by atoms with van der Waals surface area (Å²) in [5.74, 6) is 1.02. The maximum absolute atomic E-state index is 12.1. The normalized spacial score (nSPS) is 18.4. The van der Waals surface area contributed by atoms with E-state index in [1.54, 1.807) is 4.90 Å². The van der Waals surface area contributed by atoms with E-state index in [1.807, 2.05) is 38.1 Å². The summed E-state index contributed by atoms with van der Waals surface area (Å²) in [6.07, 6.45) is 4.02. The fraction of sp³-hybridized carbons (Fsp3) is 0.400. The first-order chi connectivity index (χ1) is 9.17. The Morgan fingerprint density at radius 2 is 2.00 bits per heavy atom. The summed E-state index contributed by atoms with van der Waals surface area (Å²) in [5.41, 5.74) is 1.91. The van der Waals surface area contributed by atoms with Gasteiger partial charge in [-0.1, -0.05) is 29.0 Å². The Kier molecular flexibility index (Phi) is 7.69. The second-order valence-electron chi connectivity index (χ2n) is 4.24. The van der Waals surface area contributed by atoms with Crippen molar-refractivity contribution in [3.05, 3.63) is 35.9 Å².